The molecule has 1 N–H and O–H groups in total. The zero-order chi connectivity index (χ0) is 27.6. The molecule has 13 heteroatoms. The van der Waals surface area contributed by atoms with Gasteiger partial charge in [0.2, 0.25) is 27.7 Å². The van der Waals surface area contributed by atoms with Crippen LogP contribution < -0.4 is 4.72 Å². The SMILES string of the molecule is O=C(C1CC1)N1CCN(CC2CCCN2C(=O)CN2CCCC(NS(=O)(=O)/C=C/c3ccc(Cl)s3)C2=O)CC1. The summed E-state index contributed by atoms with van der Waals surface area (Å²) in [5.74, 6) is 0.0843. The van der Waals surface area contributed by atoms with Gasteiger partial charge >= 0.3 is 0 Å². The maximum atomic E-state index is 13.3. The molecule has 2 unspecified atom stereocenters. The third kappa shape index (κ3) is 7.40. The van der Waals surface area contributed by atoms with Crippen molar-refractivity contribution >= 4 is 56.8 Å². The molecule has 214 valence electrons. The van der Waals surface area contributed by atoms with Crippen molar-refractivity contribution in [2.75, 3.05) is 52.4 Å². The highest BCUT2D eigenvalue weighted by atomic mass is 35.5. The topological polar surface area (TPSA) is 110 Å². The number of likely N-dealkylation sites (tertiary alicyclic amines) is 2. The summed E-state index contributed by atoms with van der Waals surface area (Å²) in [4.78, 5) is 47.1. The molecule has 0 aromatic carbocycles. The van der Waals surface area contributed by atoms with Crippen LogP contribution >= 0.6 is 22.9 Å². The number of piperidine rings is 1. The normalized spacial score (nSPS) is 25.2. The number of hydrogen-bond donors (Lipinski definition) is 1. The number of hydrogen-bond acceptors (Lipinski definition) is 7. The van der Waals surface area contributed by atoms with E-state index in [9.17, 15) is 22.8 Å². The van der Waals surface area contributed by atoms with E-state index in [1.165, 1.54) is 22.3 Å². The molecule has 2 atom stereocenters. The van der Waals surface area contributed by atoms with Gasteiger partial charge in [0.15, 0.2) is 0 Å². The summed E-state index contributed by atoms with van der Waals surface area (Å²) in [7, 11) is -3.85. The van der Waals surface area contributed by atoms with Crippen molar-refractivity contribution in [1.29, 1.82) is 0 Å². The largest absolute Gasteiger partial charge is 0.340 e. The van der Waals surface area contributed by atoms with E-state index in [2.05, 4.69) is 9.62 Å². The Balaban J connectivity index is 1.11. The second-order valence-electron chi connectivity index (χ2n) is 10.8. The lowest BCUT2D eigenvalue weighted by Crippen LogP contribution is -2.56. The van der Waals surface area contributed by atoms with Gasteiger partial charge in [-0.15, -0.1) is 11.3 Å². The number of amides is 3. The van der Waals surface area contributed by atoms with E-state index in [0.717, 1.165) is 63.8 Å². The van der Waals surface area contributed by atoms with Crippen molar-refractivity contribution in [2.24, 2.45) is 5.92 Å². The van der Waals surface area contributed by atoms with Crippen molar-refractivity contribution in [1.82, 2.24) is 24.3 Å². The summed E-state index contributed by atoms with van der Waals surface area (Å²) in [5, 5.41) is 1.04. The molecule has 4 heterocycles. The molecule has 1 saturated carbocycles. The monoisotopic (exact) mass is 597 g/mol. The highest BCUT2D eigenvalue weighted by molar-refractivity contribution is 7.92. The summed E-state index contributed by atoms with van der Waals surface area (Å²) in [6, 6.07) is 2.61. The van der Waals surface area contributed by atoms with Crippen LogP contribution in [0.3, 0.4) is 0 Å². The van der Waals surface area contributed by atoms with Gasteiger partial charge in [-0.05, 0) is 56.7 Å². The molecule has 5 rings (SSSR count). The first kappa shape index (κ1) is 28.5. The van der Waals surface area contributed by atoms with E-state index >= 15 is 0 Å². The number of nitrogens with one attached hydrogen (secondary N) is 1. The van der Waals surface area contributed by atoms with Crippen LogP contribution in [-0.2, 0) is 24.4 Å². The van der Waals surface area contributed by atoms with Crippen LogP contribution in [0.1, 0.15) is 43.4 Å². The third-order valence-corrected chi connectivity index (χ3v) is 10.2. The van der Waals surface area contributed by atoms with Crippen LogP contribution in [0.15, 0.2) is 17.5 Å². The summed E-state index contributed by atoms with van der Waals surface area (Å²) < 4.78 is 28.2. The van der Waals surface area contributed by atoms with Crippen LogP contribution in [0.5, 0.6) is 0 Å². The standard InChI is InChI=1S/C26H36ClN5O5S2/c27-23-8-7-21(38-23)9-16-39(36,37)28-22-4-2-10-31(26(22)35)18-24(33)32-11-1-3-20(32)17-29-12-14-30(15-13-29)25(34)19-5-6-19/h7-9,16,19-20,22,28H,1-6,10-15,17-18H2/b16-9+. The van der Waals surface area contributed by atoms with E-state index in [-0.39, 0.29) is 30.3 Å². The first-order valence-corrected chi connectivity index (χ1v) is 16.5. The molecular formula is C26H36ClN5O5S2. The van der Waals surface area contributed by atoms with Gasteiger partial charge in [-0.25, -0.2) is 8.42 Å². The van der Waals surface area contributed by atoms with Gasteiger partial charge in [-0.3, -0.25) is 19.3 Å². The average molecular weight is 598 g/mol. The molecule has 3 amide bonds. The van der Waals surface area contributed by atoms with Gasteiger partial charge in [0.05, 0.1) is 10.9 Å². The van der Waals surface area contributed by atoms with Crippen LogP contribution in [0.2, 0.25) is 4.34 Å². The fourth-order valence-corrected chi connectivity index (χ4v) is 7.73. The fourth-order valence-electron chi connectivity index (χ4n) is 5.66. The van der Waals surface area contributed by atoms with Gasteiger partial charge in [-0.2, -0.15) is 4.72 Å². The van der Waals surface area contributed by atoms with Crippen LogP contribution in [-0.4, -0.2) is 110 Å². The third-order valence-electron chi connectivity index (χ3n) is 7.95. The van der Waals surface area contributed by atoms with E-state index in [0.29, 0.717) is 41.1 Å². The number of sulfonamides is 1. The van der Waals surface area contributed by atoms with Gasteiger partial charge in [-0.1, -0.05) is 11.6 Å². The molecular weight excluding hydrogens is 562 g/mol. The summed E-state index contributed by atoms with van der Waals surface area (Å²) in [6.45, 7) is 4.95. The molecule has 39 heavy (non-hydrogen) atoms. The molecule has 4 fully saturated rings. The number of halogens is 1. The Hall–Kier alpha value is -1.99. The molecule has 0 radical (unpaired) electrons. The quantitative estimate of drug-likeness (QED) is 0.465. The van der Waals surface area contributed by atoms with Crippen molar-refractivity contribution < 1.29 is 22.8 Å². The summed E-state index contributed by atoms with van der Waals surface area (Å²) in [6.07, 6.45) is 6.35. The molecule has 1 aromatic rings. The minimum absolute atomic E-state index is 0.0409. The lowest BCUT2D eigenvalue weighted by atomic mass is 10.1. The highest BCUT2D eigenvalue weighted by Crippen LogP contribution is 2.31. The van der Waals surface area contributed by atoms with Gasteiger partial charge in [0.1, 0.15) is 6.04 Å². The number of rotatable bonds is 9. The van der Waals surface area contributed by atoms with Gasteiger partial charge in [0, 0.05) is 68.1 Å². The van der Waals surface area contributed by atoms with Crippen LogP contribution in [0, 0.1) is 5.92 Å². The van der Waals surface area contributed by atoms with Crippen molar-refractivity contribution in [2.45, 2.75) is 50.6 Å². The van der Waals surface area contributed by atoms with E-state index in [1.807, 2.05) is 9.80 Å². The molecule has 10 nitrogen and oxygen atoms in total. The molecule has 1 aliphatic carbocycles. The van der Waals surface area contributed by atoms with E-state index in [4.69, 9.17) is 11.6 Å². The number of piperazine rings is 1. The number of carbonyl (C=O) groups excluding carboxylic acids is 3. The van der Waals surface area contributed by atoms with Gasteiger partial charge in [0.25, 0.3) is 0 Å². The zero-order valence-corrected chi connectivity index (χ0v) is 24.4. The highest BCUT2D eigenvalue weighted by Gasteiger charge is 2.37. The first-order chi connectivity index (χ1) is 18.7. The van der Waals surface area contributed by atoms with E-state index < -0.39 is 16.1 Å². The summed E-state index contributed by atoms with van der Waals surface area (Å²) in [5.41, 5.74) is 0. The smallest absolute Gasteiger partial charge is 0.242 e. The molecule has 0 spiro atoms. The lowest BCUT2D eigenvalue weighted by Gasteiger charge is -2.38. The Bertz CT molecular complexity index is 1210. The Morgan fingerprint density at radius 1 is 1.03 bits per heavy atom. The Morgan fingerprint density at radius 3 is 2.46 bits per heavy atom. The number of carbonyl (C=O) groups is 3. The predicted octanol–water partition coefficient (Wildman–Crippen LogP) is 1.83. The van der Waals surface area contributed by atoms with Crippen molar-refractivity contribution in [3.8, 4) is 0 Å². The number of nitrogens with zero attached hydrogens (tertiary/aromatic N) is 4. The predicted molar refractivity (Wildman–Crippen MR) is 150 cm³/mol. The number of thiophene rings is 1. The van der Waals surface area contributed by atoms with Crippen LogP contribution in [0.4, 0.5) is 0 Å². The van der Waals surface area contributed by atoms with E-state index in [1.54, 1.807) is 12.1 Å². The molecule has 3 saturated heterocycles. The second-order valence-corrected chi connectivity index (χ2v) is 14.2. The summed E-state index contributed by atoms with van der Waals surface area (Å²) >= 11 is 7.16. The minimum atomic E-state index is -3.85. The molecule has 1 aromatic heterocycles. The first-order valence-electron chi connectivity index (χ1n) is 13.7. The van der Waals surface area contributed by atoms with Crippen molar-refractivity contribution in [3.05, 3.63) is 26.8 Å². The maximum absolute atomic E-state index is 13.3. The maximum Gasteiger partial charge on any atom is 0.242 e. The Kier molecular flexibility index (Phi) is 8.97. The Morgan fingerprint density at radius 2 is 1.77 bits per heavy atom. The van der Waals surface area contributed by atoms with Crippen molar-refractivity contribution in [3.63, 3.8) is 0 Å². The Labute approximate surface area is 239 Å². The van der Waals surface area contributed by atoms with Crippen LogP contribution in [0.25, 0.3) is 6.08 Å². The zero-order valence-electron chi connectivity index (χ0n) is 22.0. The van der Waals surface area contributed by atoms with Gasteiger partial charge < -0.3 is 14.7 Å². The molecule has 0 bridgehead atoms. The second kappa shape index (κ2) is 12.3. The lowest BCUT2D eigenvalue weighted by molar-refractivity contribution is -0.143. The molecule has 3 aliphatic heterocycles. The minimum Gasteiger partial charge on any atom is -0.340 e. The molecule has 4 aliphatic rings. The fraction of sp³-hybridized carbons (Fsp3) is 0.654. The average Bonchev–Trinajstić information content (AvgIpc) is 3.52.